The molecule has 0 unspecified atom stereocenters. The molecule has 3 rings (SSSR count). The number of hydrogen-bond donors (Lipinski definition) is 0. The van der Waals surface area contributed by atoms with Gasteiger partial charge in [0.1, 0.15) is 6.07 Å². The zero-order valence-electron chi connectivity index (χ0n) is 12.7. The third-order valence-electron chi connectivity index (χ3n) is 3.50. The minimum atomic E-state index is -0.727. The monoisotopic (exact) mass is 319 g/mol. The highest BCUT2D eigenvalue weighted by Crippen LogP contribution is 2.14. The summed E-state index contributed by atoms with van der Waals surface area (Å²) in [6.07, 6.45) is 0. The normalized spacial score (nSPS) is 10.3. The molecular formula is C18H13N3O3. The molecule has 0 radical (unpaired) electrons. The minimum Gasteiger partial charge on any atom is -0.445 e. The van der Waals surface area contributed by atoms with Crippen LogP contribution in [0.25, 0.3) is 10.8 Å². The van der Waals surface area contributed by atoms with Crippen LogP contribution < -0.4 is 5.56 Å². The summed E-state index contributed by atoms with van der Waals surface area (Å²) in [4.78, 5) is 24.8. The summed E-state index contributed by atoms with van der Waals surface area (Å²) in [5.41, 5.74) is 0.626. The molecule has 0 fully saturated rings. The molecule has 0 aliphatic rings. The van der Waals surface area contributed by atoms with E-state index in [0.29, 0.717) is 10.8 Å². The average molecular weight is 319 g/mol. The van der Waals surface area contributed by atoms with Crippen LogP contribution in [0.5, 0.6) is 0 Å². The molecule has 0 aliphatic carbocycles. The van der Waals surface area contributed by atoms with Crippen LogP contribution in [0.15, 0.2) is 59.4 Å². The predicted octanol–water partition coefficient (Wildman–Crippen LogP) is 2.13. The molecule has 24 heavy (non-hydrogen) atoms. The molecule has 0 aliphatic heterocycles. The Morgan fingerprint density at radius 3 is 2.46 bits per heavy atom. The fraction of sp³-hybridized carbons (Fsp3) is 0.111. The molecule has 2 aromatic carbocycles. The van der Waals surface area contributed by atoms with Gasteiger partial charge >= 0.3 is 5.97 Å². The van der Waals surface area contributed by atoms with Crippen LogP contribution in [0.4, 0.5) is 0 Å². The minimum absolute atomic E-state index is 0.0244. The summed E-state index contributed by atoms with van der Waals surface area (Å²) in [5, 5.41) is 13.5. The van der Waals surface area contributed by atoms with Crippen LogP contribution >= 0.6 is 0 Å². The van der Waals surface area contributed by atoms with Gasteiger partial charge in [-0.25, -0.2) is 9.48 Å². The van der Waals surface area contributed by atoms with E-state index in [9.17, 15) is 9.59 Å². The Morgan fingerprint density at radius 2 is 1.75 bits per heavy atom. The molecule has 0 spiro atoms. The molecule has 0 amide bonds. The number of hydrogen-bond acceptors (Lipinski definition) is 5. The molecule has 118 valence electrons. The van der Waals surface area contributed by atoms with Crippen LogP contribution in [0, 0.1) is 11.3 Å². The lowest BCUT2D eigenvalue weighted by Gasteiger charge is -2.10. The number of nitriles is 1. The Kier molecular flexibility index (Phi) is 4.34. The maximum Gasteiger partial charge on any atom is 0.360 e. The largest absolute Gasteiger partial charge is 0.445 e. The maximum absolute atomic E-state index is 12.6. The standard InChI is InChI=1S/C18H13N3O3/c19-10-11-24-18(23)16-14-8-4-5-9-15(14)17(22)21(20-16)12-13-6-2-1-3-7-13/h1-9H,11-12H2. The Balaban J connectivity index is 2.13. The van der Waals surface area contributed by atoms with E-state index in [4.69, 9.17) is 10.00 Å². The van der Waals surface area contributed by atoms with Crippen LogP contribution in [0.2, 0.25) is 0 Å². The molecular weight excluding hydrogens is 306 g/mol. The molecule has 0 saturated heterocycles. The fourth-order valence-corrected chi connectivity index (χ4v) is 2.42. The molecule has 6 heteroatoms. The first-order valence-corrected chi connectivity index (χ1v) is 7.28. The molecule has 0 bridgehead atoms. The smallest absolute Gasteiger partial charge is 0.360 e. The number of rotatable bonds is 4. The van der Waals surface area contributed by atoms with E-state index < -0.39 is 5.97 Å². The zero-order chi connectivity index (χ0) is 16.9. The Hall–Kier alpha value is -3.46. The van der Waals surface area contributed by atoms with E-state index in [1.165, 1.54) is 4.68 Å². The summed E-state index contributed by atoms with van der Waals surface area (Å²) in [6, 6.07) is 17.8. The van der Waals surface area contributed by atoms with E-state index in [1.54, 1.807) is 30.3 Å². The van der Waals surface area contributed by atoms with E-state index in [0.717, 1.165) is 5.56 Å². The summed E-state index contributed by atoms with van der Waals surface area (Å²) < 4.78 is 6.09. The van der Waals surface area contributed by atoms with Crippen LogP contribution in [-0.2, 0) is 11.3 Å². The van der Waals surface area contributed by atoms with Gasteiger partial charge < -0.3 is 4.74 Å². The Labute approximate surface area is 137 Å². The maximum atomic E-state index is 12.6. The zero-order valence-corrected chi connectivity index (χ0v) is 12.7. The SMILES string of the molecule is N#CCOC(=O)c1nn(Cc2ccccc2)c(=O)c2ccccc12. The lowest BCUT2D eigenvalue weighted by atomic mass is 10.1. The van der Waals surface area contributed by atoms with Gasteiger partial charge in [0, 0.05) is 5.39 Å². The van der Waals surface area contributed by atoms with Crippen molar-refractivity contribution < 1.29 is 9.53 Å². The molecule has 0 N–H and O–H groups in total. The molecule has 3 aromatic rings. The van der Waals surface area contributed by atoms with Crippen molar-refractivity contribution in [2.24, 2.45) is 0 Å². The average Bonchev–Trinajstić information content (AvgIpc) is 2.63. The topological polar surface area (TPSA) is 85.0 Å². The molecule has 1 heterocycles. The lowest BCUT2D eigenvalue weighted by Crippen LogP contribution is -2.27. The quantitative estimate of drug-likeness (QED) is 0.688. The highest BCUT2D eigenvalue weighted by atomic mass is 16.5. The number of aromatic nitrogens is 2. The third-order valence-corrected chi connectivity index (χ3v) is 3.50. The number of ether oxygens (including phenoxy) is 1. The van der Waals surface area contributed by atoms with Gasteiger partial charge in [0.25, 0.3) is 5.56 Å². The first-order chi connectivity index (χ1) is 11.7. The Bertz CT molecular complexity index is 988. The van der Waals surface area contributed by atoms with Crippen molar-refractivity contribution in [3.8, 4) is 6.07 Å². The highest BCUT2D eigenvalue weighted by Gasteiger charge is 2.17. The molecule has 6 nitrogen and oxygen atoms in total. The third kappa shape index (κ3) is 3.01. The van der Waals surface area contributed by atoms with Crippen molar-refractivity contribution in [2.75, 3.05) is 6.61 Å². The first-order valence-electron chi connectivity index (χ1n) is 7.28. The van der Waals surface area contributed by atoms with E-state index in [-0.39, 0.29) is 24.4 Å². The van der Waals surface area contributed by atoms with Gasteiger partial charge in [0.15, 0.2) is 12.3 Å². The van der Waals surface area contributed by atoms with Gasteiger partial charge in [0.2, 0.25) is 0 Å². The van der Waals surface area contributed by atoms with Gasteiger partial charge in [-0.15, -0.1) is 0 Å². The van der Waals surface area contributed by atoms with Crippen molar-refractivity contribution in [1.29, 1.82) is 5.26 Å². The number of nitrogens with zero attached hydrogens (tertiary/aromatic N) is 3. The van der Waals surface area contributed by atoms with Gasteiger partial charge in [-0.1, -0.05) is 48.5 Å². The van der Waals surface area contributed by atoms with Crippen molar-refractivity contribution in [3.05, 3.63) is 76.2 Å². The second-order valence-corrected chi connectivity index (χ2v) is 5.08. The number of fused-ring (bicyclic) bond motifs is 1. The second kappa shape index (κ2) is 6.75. The summed E-state index contributed by atoms with van der Waals surface area (Å²) in [5.74, 6) is -0.727. The molecule has 1 aromatic heterocycles. The molecule has 0 saturated carbocycles. The number of esters is 1. The lowest BCUT2D eigenvalue weighted by molar-refractivity contribution is 0.0548. The predicted molar refractivity (Wildman–Crippen MR) is 87.4 cm³/mol. The summed E-state index contributed by atoms with van der Waals surface area (Å²) in [6.45, 7) is -0.129. The number of carbonyl (C=O) groups excluding carboxylic acids is 1. The fourth-order valence-electron chi connectivity index (χ4n) is 2.42. The van der Waals surface area contributed by atoms with E-state index in [1.807, 2.05) is 30.3 Å². The van der Waals surface area contributed by atoms with Gasteiger partial charge in [-0.05, 0) is 11.6 Å². The van der Waals surface area contributed by atoms with Crippen LogP contribution in [0.3, 0.4) is 0 Å². The highest BCUT2D eigenvalue weighted by molar-refractivity contribution is 6.02. The second-order valence-electron chi connectivity index (χ2n) is 5.08. The van der Waals surface area contributed by atoms with Crippen molar-refractivity contribution >= 4 is 16.7 Å². The van der Waals surface area contributed by atoms with Gasteiger partial charge in [-0.2, -0.15) is 10.4 Å². The Morgan fingerprint density at radius 1 is 1.08 bits per heavy atom. The van der Waals surface area contributed by atoms with E-state index in [2.05, 4.69) is 5.10 Å². The van der Waals surface area contributed by atoms with Crippen LogP contribution in [0.1, 0.15) is 16.1 Å². The van der Waals surface area contributed by atoms with Crippen molar-refractivity contribution in [2.45, 2.75) is 6.54 Å². The first kappa shape index (κ1) is 15.4. The summed E-state index contributed by atoms with van der Waals surface area (Å²) >= 11 is 0. The van der Waals surface area contributed by atoms with Crippen molar-refractivity contribution in [3.63, 3.8) is 0 Å². The van der Waals surface area contributed by atoms with Gasteiger partial charge in [0.05, 0.1) is 11.9 Å². The summed E-state index contributed by atoms with van der Waals surface area (Å²) in [7, 11) is 0. The van der Waals surface area contributed by atoms with Crippen LogP contribution in [-0.4, -0.2) is 22.4 Å². The van der Waals surface area contributed by atoms with Crippen molar-refractivity contribution in [1.82, 2.24) is 9.78 Å². The number of benzene rings is 2. The van der Waals surface area contributed by atoms with E-state index >= 15 is 0 Å². The molecule has 0 atom stereocenters. The van der Waals surface area contributed by atoms with Gasteiger partial charge in [-0.3, -0.25) is 4.79 Å². The number of carbonyl (C=O) groups is 1.